The lowest BCUT2D eigenvalue weighted by Crippen LogP contribution is -2.30. The number of carbonyl (C=O) groups is 1. The minimum absolute atomic E-state index is 0. The first kappa shape index (κ1) is 22.4. The normalized spacial score (nSPS) is 15.5. The van der Waals surface area contributed by atoms with E-state index in [1.165, 1.54) is 43.4 Å². The van der Waals surface area contributed by atoms with Crippen molar-refractivity contribution in [2.24, 2.45) is 5.92 Å². The van der Waals surface area contributed by atoms with E-state index >= 15 is 0 Å². The van der Waals surface area contributed by atoms with Crippen LogP contribution in [0.2, 0.25) is 0 Å². The van der Waals surface area contributed by atoms with Crippen molar-refractivity contribution in [1.29, 1.82) is 0 Å². The van der Waals surface area contributed by atoms with Crippen LogP contribution in [0.3, 0.4) is 0 Å². The third-order valence-electron chi connectivity index (χ3n) is 3.95. The number of ether oxygens (including phenoxy) is 2. The Labute approximate surface area is 183 Å². The van der Waals surface area contributed by atoms with Crippen molar-refractivity contribution in [3.8, 4) is 5.88 Å². The van der Waals surface area contributed by atoms with E-state index in [0.717, 1.165) is 26.3 Å². The van der Waals surface area contributed by atoms with Crippen molar-refractivity contribution in [2.45, 2.75) is 12.8 Å². The molecule has 2 N–H and O–H groups in total. The number of halogens is 2. The van der Waals surface area contributed by atoms with Crippen LogP contribution in [-0.2, 0) is 4.74 Å². The van der Waals surface area contributed by atoms with Gasteiger partial charge in [-0.1, -0.05) is 6.07 Å². The summed E-state index contributed by atoms with van der Waals surface area (Å²) in [5, 5.41) is 5.72. The molecule has 1 saturated heterocycles. The lowest BCUT2D eigenvalue weighted by atomic mass is 10.3. The Morgan fingerprint density at radius 1 is 1.29 bits per heavy atom. The molecule has 28 heavy (non-hydrogen) atoms. The molecule has 2 aliphatic rings. The molecule has 7 nitrogen and oxygen atoms in total. The summed E-state index contributed by atoms with van der Waals surface area (Å²) in [7, 11) is 0. The van der Waals surface area contributed by atoms with Crippen LogP contribution in [0.25, 0.3) is 0 Å². The number of morpholine rings is 1. The second-order valence-electron chi connectivity index (χ2n) is 6.32. The number of nitrogens with zero attached hydrogens (tertiary/aromatic N) is 2. The summed E-state index contributed by atoms with van der Waals surface area (Å²) in [6.07, 6.45) is 5.16. The van der Waals surface area contributed by atoms with Crippen LogP contribution in [0, 0.1) is 11.7 Å². The maximum absolute atomic E-state index is 13.0. The maximum atomic E-state index is 13.0. The minimum Gasteiger partial charge on any atom is -0.476 e. The van der Waals surface area contributed by atoms with Crippen molar-refractivity contribution in [1.82, 2.24) is 15.3 Å². The van der Waals surface area contributed by atoms with Gasteiger partial charge in [0.05, 0.1) is 32.2 Å². The quantitative estimate of drug-likeness (QED) is 0.606. The van der Waals surface area contributed by atoms with Gasteiger partial charge in [0.1, 0.15) is 11.5 Å². The molecule has 2 heterocycles. The lowest BCUT2D eigenvalue weighted by molar-refractivity contribution is 0.102. The average molecular weight is 506 g/mol. The van der Waals surface area contributed by atoms with Crippen LogP contribution in [0.1, 0.15) is 26.2 Å². The Morgan fingerprint density at radius 2 is 2.07 bits per heavy atom. The predicted octanol–water partition coefficient (Wildman–Crippen LogP) is 3.37. The molecule has 0 radical (unpaired) electrons. The topological polar surface area (TPSA) is 85.4 Å². The number of hydrogen-bond donors (Lipinski definition) is 2. The first-order valence-corrected chi connectivity index (χ1v) is 9.01. The van der Waals surface area contributed by atoms with E-state index < -0.39 is 11.7 Å². The van der Waals surface area contributed by atoms with Gasteiger partial charge in [0, 0.05) is 21.6 Å². The van der Waals surface area contributed by atoms with Crippen molar-refractivity contribution >= 4 is 35.6 Å². The zero-order valence-corrected chi connectivity index (χ0v) is 17.7. The Balaban J connectivity index is 0.000000814. The summed E-state index contributed by atoms with van der Waals surface area (Å²) >= 11 is 0. The second-order valence-corrected chi connectivity index (χ2v) is 6.32. The number of carbonyl (C=O) groups excluding carboxylic acids is 1. The van der Waals surface area contributed by atoms with Crippen molar-refractivity contribution < 1.29 is 21.5 Å². The molecule has 1 saturated carbocycles. The van der Waals surface area contributed by atoms with Gasteiger partial charge in [-0.3, -0.25) is 4.79 Å². The predicted molar refractivity (Wildman–Crippen MR) is 118 cm³/mol. The summed E-state index contributed by atoms with van der Waals surface area (Å²) in [6.45, 7) is 4.48. The SMILES string of the molecule is C1COCCN1.I.O=C(Nc1cccc(F)c1)c1cnc(OCC2CC2)cn1.[HH].[HH]. The highest BCUT2D eigenvalue weighted by Crippen LogP contribution is 2.29. The number of rotatable bonds is 5. The van der Waals surface area contributed by atoms with E-state index in [1.807, 2.05) is 0 Å². The van der Waals surface area contributed by atoms with Crippen LogP contribution in [-0.4, -0.2) is 48.8 Å². The Morgan fingerprint density at radius 3 is 2.61 bits per heavy atom. The van der Waals surface area contributed by atoms with E-state index in [0.29, 0.717) is 24.1 Å². The molecular formula is C19H28FIN4O3. The maximum Gasteiger partial charge on any atom is 0.275 e. The molecule has 2 aromatic rings. The molecule has 1 aliphatic heterocycles. The zero-order chi connectivity index (χ0) is 18.9. The van der Waals surface area contributed by atoms with Crippen LogP contribution in [0.15, 0.2) is 36.7 Å². The fraction of sp³-hybridized carbons (Fsp3) is 0.421. The van der Waals surface area contributed by atoms with Crippen LogP contribution in [0.4, 0.5) is 10.1 Å². The van der Waals surface area contributed by atoms with E-state index in [-0.39, 0.29) is 32.5 Å². The standard InChI is InChI=1S/C15H14FN3O2.C4H9NO.HI.2H2/c16-11-2-1-3-12(6-11)19-15(20)13-7-18-14(8-17-13)21-9-10-4-5-10;1-3-6-4-2-5-1;;;/h1-3,6-8,10H,4-5,9H2,(H,19,20);5H,1-4H2;3*1H. The molecular weight excluding hydrogens is 478 g/mol. The van der Waals surface area contributed by atoms with E-state index in [4.69, 9.17) is 9.47 Å². The van der Waals surface area contributed by atoms with Gasteiger partial charge in [-0.15, -0.1) is 24.0 Å². The third kappa shape index (κ3) is 8.03. The molecule has 0 unspecified atom stereocenters. The highest BCUT2D eigenvalue weighted by Gasteiger charge is 2.22. The highest BCUT2D eigenvalue weighted by molar-refractivity contribution is 14.0. The first-order valence-electron chi connectivity index (χ1n) is 9.01. The van der Waals surface area contributed by atoms with Gasteiger partial charge in [0.25, 0.3) is 5.91 Å². The third-order valence-corrected chi connectivity index (χ3v) is 3.95. The smallest absolute Gasteiger partial charge is 0.275 e. The second kappa shape index (κ2) is 11.9. The summed E-state index contributed by atoms with van der Waals surface area (Å²) in [4.78, 5) is 20.0. The van der Waals surface area contributed by atoms with Crippen LogP contribution < -0.4 is 15.4 Å². The van der Waals surface area contributed by atoms with Gasteiger partial charge in [-0.2, -0.15) is 0 Å². The molecule has 1 aromatic heterocycles. The summed E-state index contributed by atoms with van der Waals surface area (Å²) in [5.74, 6) is 0.177. The van der Waals surface area contributed by atoms with Crippen molar-refractivity contribution in [3.63, 3.8) is 0 Å². The molecule has 156 valence electrons. The number of amides is 1. The fourth-order valence-corrected chi connectivity index (χ4v) is 2.27. The Kier molecular flexibility index (Phi) is 9.51. The molecule has 9 heteroatoms. The van der Waals surface area contributed by atoms with E-state index in [1.54, 1.807) is 6.07 Å². The van der Waals surface area contributed by atoms with E-state index in [9.17, 15) is 9.18 Å². The Hall–Kier alpha value is -1.85. The van der Waals surface area contributed by atoms with Crippen LogP contribution >= 0.6 is 24.0 Å². The number of anilines is 1. The lowest BCUT2D eigenvalue weighted by Gasteiger charge is -2.10. The molecule has 4 rings (SSSR count). The van der Waals surface area contributed by atoms with Gasteiger partial charge in [0.15, 0.2) is 0 Å². The van der Waals surface area contributed by atoms with Crippen LogP contribution in [0.5, 0.6) is 5.88 Å². The molecule has 0 bridgehead atoms. The zero-order valence-electron chi connectivity index (χ0n) is 15.4. The summed E-state index contributed by atoms with van der Waals surface area (Å²) in [5.41, 5.74) is 0.522. The minimum atomic E-state index is -0.443. The largest absolute Gasteiger partial charge is 0.476 e. The molecule has 0 atom stereocenters. The average Bonchev–Trinajstić information content (AvgIpc) is 3.53. The number of benzene rings is 1. The summed E-state index contributed by atoms with van der Waals surface area (Å²) in [6, 6.07) is 5.66. The number of nitrogens with one attached hydrogen (secondary N) is 2. The van der Waals surface area contributed by atoms with Crippen molar-refractivity contribution in [2.75, 3.05) is 38.2 Å². The van der Waals surface area contributed by atoms with Gasteiger partial charge in [-0.25, -0.2) is 14.4 Å². The molecule has 0 spiro atoms. The van der Waals surface area contributed by atoms with Crippen molar-refractivity contribution in [3.05, 3.63) is 48.2 Å². The molecule has 1 aliphatic carbocycles. The molecule has 2 fully saturated rings. The monoisotopic (exact) mass is 506 g/mol. The summed E-state index contributed by atoms with van der Waals surface area (Å²) < 4.78 is 23.5. The Bertz CT molecular complexity index is 739. The highest BCUT2D eigenvalue weighted by atomic mass is 127. The fourth-order valence-electron chi connectivity index (χ4n) is 2.27. The number of aromatic nitrogens is 2. The van der Waals surface area contributed by atoms with Gasteiger partial charge in [-0.05, 0) is 37.0 Å². The van der Waals surface area contributed by atoms with Gasteiger partial charge < -0.3 is 20.1 Å². The van der Waals surface area contributed by atoms with E-state index in [2.05, 4.69) is 20.6 Å². The molecule has 1 amide bonds. The van der Waals surface area contributed by atoms with Gasteiger partial charge in [0.2, 0.25) is 5.88 Å². The van der Waals surface area contributed by atoms with Gasteiger partial charge >= 0.3 is 0 Å². The first-order chi connectivity index (χ1) is 13.2. The molecule has 1 aromatic carbocycles. The number of hydrogen-bond acceptors (Lipinski definition) is 6.